The zero-order valence-corrected chi connectivity index (χ0v) is 28.0. The summed E-state index contributed by atoms with van der Waals surface area (Å²) in [5.74, 6) is 1.71. The second kappa shape index (κ2) is 15.2. The molecule has 5 aromatic carbocycles. The summed E-state index contributed by atoms with van der Waals surface area (Å²) in [4.78, 5) is 30.9. The first kappa shape index (κ1) is 33.5. The van der Waals surface area contributed by atoms with Crippen LogP contribution >= 0.6 is 0 Å². The molecule has 1 heterocycles. The van der Waals surface area contributed by atoms with Crippen LogP contribution in [-0.2, 0) is 6.54 Å². The molecule has 9 nitrogen and oxygen atoms in total. The number of aliphatic hydroxyl groups is 1. The summed E-state index contributed by atoms with van der Waals surface area (Å²) in [6.45, 7) is 5.43. The van der Waals surface area contributed by atoms with E-state index in [-0.39, 0.29) is 24.5 Å². The number of likely N-dealkylation sites (N-methyl/N-ethyl adjacent to an activating group) is 1. The zero-order valence-electron chi connectivity index (χ0n) is 28.0. The lowest BCUT2D eigenvalue weighted by Gasteiger charge is -2.38. The van der Waals surface area contributed by atoms with Crippen LogP contribution in [0.25, 0.3) is 10.8 Å². The van der Waals surface area contributed by atoms with Crippen molar-refractivity contribution in [2.75, 3.05) is 37.4 Å². The molecule has 252 valence electrons. The number of fused-ring (bicyclic) bond motifs is 2. The number of aliphatic hydroxyl groups excluding tert-OH is 1. The van der Waals surface area contributed by atoms with Gasteiger partial charge in [0.1, 0.15) is 23.4 Å². The minimum atomic E-state index is -0.427. The molecule has 0 radical (unpaired) electrons. The molecule has 1 aliphatic rings. The summed E-state index contributed by atoms with van der Waals surface area (Å²) in [7, 11) is 2.05. The van der Waals surface area contributed by atoms with Gasteiger partial charge in [0, 0.05) is 36.6 Å². The van der Waals surface area contributed by atoms with Gasteiger partial charge in [-0.05, 0) is 73.5 Å². The van der Waals surface area contributed by atoms with Gasteiger partial charge in [0.05, 0.1) is 23.9 Å². The van der Waals surface area contributed by atoms with Crippen molar-refractivity contribution >= 4 is 34.1 Å². The number of nitrogens with zero attached hydrogens (tertiary/aromatic N) is 2. The fourth-order valence-electron chi connectivity index (χ4n) is 6.11. The van der Waals surface area contributed by atoms with Crippen molar-refractivity contribution in [2.45, 2.75) is 32.5 Å². The van der Waals surface area contributed by atoms with Crippen LogP contribution < -0.4 is 20.1 Å². The van der Waals surface area contributed by atoms with Crippen molar-refractivity contribution < 1.29 is 24.2 Å². The summed E-state index contributed by atoms with van der Waals surface area (Å²) >= 11 is 0. The van der Waals surface area contributed by atoms with Gasteiger partial charge in [-0.2, -0.15) is 0 Å². The number of carbonyl (C=O) groups excluding carboxylic acids is 2. The van der Waals surface area contributed by atoms with E-state index in [1.807, 2.05) is 98.9 Å². The van der Waals surface area contributed by atoms with Gasteiger partial charge in [0.15, 0.2) is 0 Å². The number of nitrogens with one attached hydrogen (secondary N) is 2. The Morgan fingerprint density at radius 3 is 2.43 bits per heavy atom. The molecular weight excluding hydrogens is 616 g/mol. The maximum Gasteiger partial charge on any atom is 0.323 e. The number of hydrogen-bond donors (Lipinski definition) is 3. The predicted octanol–water partition coefficient (Wildman–Crippen LogP) is 7.63. The molecule has 0 aromatic heterocycles. The van der Waals surface area contributed by atoms with Crippen LogP contribution in [0.1, 0.15) is 29.8 Å². The van der Waals surface area contributed by atoms with E-state index >= 15 is 0 Å². The topological polar surface area (TPSA) is 103 Å². The highest BCUT2D eigenvalue weighted by Crippen LogP contribution is 2.31. The molecule has 3 N–H and O–H groups in total. The lowest BCUT2D eigenvalue weighted by molar-refractivity contribution is 0.0341. The Bertz CT molecular complexity index is 1890. The average Bonchev–Trinajstić information content (AvgIpc) is 3.11. The van der Waals surface area contributed by atoms with Crippen molar-refractivity contribution in [1.29, 1.82) is 0 Å². The molecule has 0 spiro atoms. The summed E-state index contributed by atoms with van der Waals surface area (Å²) in [6.07, 6.45) is -0.251. The maximum atomic E-state index is 13.9. The molecule has 0 bridgehead atoms. The van der Waals surface area contributed by atoms with Gasteiger partial charge in [-0.15, -0.1) is 0 Å². The van der Waals surface area contributed by atoms with E-state index in [2.05, 4.69) is 34.6 Å². The SMILES string of the molecule is C[C@@H]1CN([C@@H](C)CO)C(=O)c2cc(NC(=O)Nc3cccc4ccccc34)ccc2O[C@@H]1CN(C)Cc1ccc(Oc2ccccc2)cc1. The molecular formula is C40H42N4O5. The van der Waals surface area contributed by atoms with Crippen molar-refractivity contribution in [2.24, 2.45) is 5.92 Å². The normalized spacial score (nSPS) is 16.7. The van der Waals surface area contributed by atoms with Gasteiger partial charge in [-0.25, -0.2) is 4.79 Å². The quantitative estimate of drug-likeness (QED) is 0.143. The first-order valence-corrected chi connectivity index (χ1v) is 16.6. The Kier molecular flexibility index (Phi) is 10.4. The summed E-state index contributed by atoms with van der Waals surface area (Å²) in [6, 6.07) is 35.6. The number of anilines is 2. The Balaban J connectivity index is 1.17. The smallest absolute Gasteiger partial charge is 0.323 e. The highest BCUT2D eigenvalue weighted by Gasteiger charge is 2.33. The summed E-state index contributed by atoms with van der Waals surface area (Å²) in [5, 5.41) is 17.8. The molecule has 6 rings (SSSR count). The van der Waals surface area contributed by atoms with E-state index in [1.54, 1.807) is 23.1 Å². The third-order valence-electron chi connectivity index (χ3n) is 8.81. The lowest BCUT2D eigenvalue weighted by atomic mass is 9.99. The molecule has 3 atom stereocenters. The Morgan fingerprint density at radius 1 is 0.939 bits per heavy atom. The van der Waals surface area contributed by atoms with Crippen molar-refractivity contribution in [3.8, 4) is 17.2 Å². The Labute approximate surface area is 287 Å². The van der Waals surface area contributed by atoms with Crippen LogP contribution in [-0.4, -0.2) is 65.7 Å². The largest absolute Gasteiger partial charge is 0.488 e. The van der Waals surface area contributed by atoms with Gasteiger partial charge in [0.2, 0.25) is 0 Å². The first-order chi connectivity index (χ1) is 23.8. The van der Waals surface area contributed by atoms with Crippen molar-refractivity contribution in [1.82, 2.24) is 9.80 Å². The lowest BCUT2D eigenvalue weighted by Crippen LogP contribution is -2.49. The highest BCUT2D eigenvalue weighted by molar-refractivity contribution is 6.07. The molecule has 3 amide bonds. The van der Waals surface area contributed by atoms with E-state index in [9.17, 15) is 14.7 Å². The first-order valence-electron chi connectivity index (χ1n) is 16.6. The Morgan fingerprint density at radius 2 is 1.65 bits per heavy atom. The molecule has 9 heteroatoms. The minimum Gasteiger partial charge on any atom is -0.488 e. The third-order valence-corrected chi connectivity index (χ3v) is 8.81. The summed E-state index contributed by atoms with van der Waals surface area (Å²) < 4.78 is 12.5. The molecule has 0 fully saturated rings. The molecule has 49 heavy (non-hydrogen) atoms. The number of rotatable bonds is 10. The molecule has 1 aliphatic heterocycles. The number of urea groups is 1. The number of ether oxygens (including phenoxy) is 2. The summed E-state index contributed by atoms with van der Waals surface area (Å²) in [5.41, 5.74) is 2.59. The minimum absolute atomic E-state index is 0.0283. The van der Waals surface area contributed by atoms with E-state index in [4.69, 9.17) is 9.47 Å². The molecule has 0 saturated heterocycles. The molecule has 0 saturated carbocycles. The average molecular weight is 659 g/mol. The molecule has 0 aliphatic carbocycles. The number of carbonyl (C=O) groups is 2. The van der Waals surface area contributed by atoms with E-state index in [0.717, 1.165) is 27.8 Å². The number of para-hydroxylation sites is 1. The second-order valence-corrected chi connectivity index (χ2v) is 12.7. The van der Waals surface area contributed by atoms with Crippen LogP contribution in [0, 0.1) is 5.92 Å². The van der Waals surface area contributed by atoms with E-state index in [0.29, 0.717) is 42.3 Å². The van der Waals surface area contributed by atoms with E-state index < -0.39 is 12.1 Å². The number of benzene rings is 5. The standard InChI is InChI=1S/C40H42N4O5/c1-27-23-44(28(2)26-45)39(46)35-22-31(41-40(47)42-36-15-9-11-30-10-7-8-14-34(30)36)18-21-37(35)49-38(27)25-43(3)24-29-16-19-33(20-17-29)48-32-12-5-4-6-13-32/h4-22,27-28,38,45H,23-26H2,1-3H3,(H2,41,42,47)/t27-,28+,38-/m1/s1. The number of amides is 3. The van der Waals surface area contributed by atoms with Crippen LogP contribution in [0.5, 0.6) is 17.2 Å². The van der Waals surface area contributed by atoms with Gasteiger partial charge >= 0.3 is 6.03 Å². The number of hydrogen-bond acceptors (Lipinski definition) is 6. The highest BCUT2D eigenvalue weighted by atomic mass is 16.5. The van der Waals surface area contributed by atoms with Gasteiger partial charge in [0.25, 0.3) is 5.91 Å². The monoisotopic (exact) mass is 658 g/mol. The molecule has 0 unspecified atom stereocenters. The maximum absolute atomic E-state index is 13.9. The van der Waals surface area contributed by atoms with Crippen molar-refractivity contribution in [3.05, 3.63) is 126 Å². The van der Waals surface area contributed by atoms with Crippen molar-refractivity contribution in [3.63, 3.8) is 0 Å². The van der Waals surface area contributed by atoms with Crippen LogP contribution in [0.4, 0.5) is 16.2 Å². The van der Waals surface area contributed by atoms with Crippen LogP contribution in [0.15, 0.2) is 115 Å². The zero-order chi connectivity index (χ0) is 34.3. The van der Waals surface area contributed by atoms with Gasteiger partial charge in [-0.1, -0.05) is 73.7 Å². The fourth-order valence-corrected chi connectivity index (χ4v) is 6.11. The third kappa shape index (κ3) is 8.20. The van der Waals surface area contributed by atoms with Gasteiger partial charge < -0.3 is 30.1 Å². The fraction of sp³-hybridized carbons (Fsp3) is 0.250. The van der Waals surface area contributed by atoms with Gasteiger partial charge in [-0.3, -0.25) is 9.69 Å². The Hall–Kier alpha value is -5.38. The molecule has 5 aromatic rings. The van der Waals surface area contributed by atoms with Crippen LogP contribution in [0.3, 0.4) is 0 Å². The van der Waals surface area contributed by atoms with Crippen LogP contribution in [0.2, 0.25) is 0 Å². The van der Waals surface area contributed by atoms with E-state index in [1.165, 1.54) is 0 Å². The second-order valence-electron chi connectivity index (χ2n) is 12.7. The predicted molar refractivity (Wildman–Crippen MR) is 193 cm³/mol.